The highest BCUT2D eigenvalue weighted by Crippen LogP contribution is 2.16. The average molecular weight is 447 g/mol. The normalized spacial score (nSPS) is 11.5. The second-order valence-corrected chi connectivity index (χ2v) is 6.83. The van der Waals surface area contributed by atoms with E-state index >= 15 is 0 Å². The molecular weight excluding hydrogens is 424 g/mol. The number of amides is 1. The maximum absolute atomic E-state index is 12.8. The van der Waals surface area contributed by atoms with E-state index in [-0.39, 0.29) is 23.1 Å². The average Bonchev–Trinajstić information content (AvgIpc) is 3.48. The zero-order valence-corrected chi connectivity index (χ0v) is 17.5. The Morgan fingerprint density at radius 3 is 2.69 bits per heavy atom. The molecule has 3 heterocycles. The number of nitrogens with zero attached hydrogens (tertiary/aromatic N) is 7. The summed E-state index contributed by atoms with van der Waals surface area (Å²) in [7, 11) is 0. The fourth-order valence-electron chi connectivity index (χ4n) is 3.11. The Kier molecular flexibility index (Phi) is 7.22. The summed E-state index contributed by atoms with van der Waals surface area (Å²) >= 11 is 0. The number of nitrogens with two attached hydrogens (primary N) is 1. The first-order valence-corrected chi connectivity index (χ1v) is 9.88. The van der Waals surface area contributed by atoms with Crippen molar-refractivity contribution in [1.29, 1.82) is 0 Å². The minimum Gasteiger partial charge on any atom is -0.400 e. The van der Waals surface area contributed by atoms with Gasteiger partial charge in [-0.15, -0.1) is 5.10 Å². The third-order valence-electron chi connectivity index (χ3n) is 4.45. The first kappa shape index (κ1) is 22.5. The summed E-state index contributed by atoms with van der Waals surface area (Å²) in [6.07, 6.45) is 3.04. The molecule has 0 spiro atoms. The van der Waals surface area contributed by atoms with Gasteiger partial charge in [0.2, 0.25) is 11.6 Å². The van der Waals surface area contributed by atoms with Gasteiger partial charge in [0.15, 0.2) is 11.5 Å². The van der Waals surface area contributed by atoms with Crippen molar-refractivity contribution in [2.75, 3.05) is 18.8 Å². The van der Waals surface area contributed by atoms with E-state index in [0.29, 0.717) is 12.2 Å². The monoisotopic (exact) mass is 447 g/mol. The van der Waals surface area contributed by atoms with E-state index in [1.165, 1.54) is 21.7 Å². The Bertz CT molecular complexity index is 1100. The molecule has 0 aliphatic rings. The third-order valence-corrected chi connectivity index (χ3v) is 4.45. The molecule has 3 aromatic heterocycles. The predicted octanol–water partition coefficient (Wildman–Crippen LogP) is -0.297. The summed E-state index contributed by atoms with van der Waals surface area (Å²) in [5.41, 5.74) is 8.61. The number of carbonyl (C=O) groups is 1. The first-order valence-electron chi connectivity index (χ1n) is 9.88. The van der Waals surface area contributed by atoms with E-state index < -0.39 is 16.7 Å². The Balaban J connectivity index is 1.84. The van der Waals surface area contributed by atoms with Crippen LogP contribution in [0.15, 0.2) is 26.3 Å². The van der Waals surface area contributed by atoms with Crippen LogP contribution in [0.25, 0.3) is 5.82 Å². The van der Waals surface area contributed by atoms with Crippen LogP contribution < -0.4 is 16.1 Å². The maximum Gasteiger partial charge on any atom is 0.433 e. The molecule has 0 fully saturated rings. The van der Waals surface area contributed by atoms with Crippen LogP contribution in [-0.2, 0) is 6.54 Å². The highest BCUT2D eigenvalue weighted by Gasteiger charge is 2.27. The molecule has 170 valence electrons. The summed E-state index contributed by atoms with van der Waals surface area (Å²) in [6, 6.07) is 2.54. The number of nitrogen functional groups attached to an aromatic ring is 1. The molecule has 32 heavy (non-hydrogen) atoms. The van der Waals surface area contributed by atoms with Crippen LogP contribution in [-0.4, -0.2) is 55.4 Å². The summed E-state index contributed by atoms with van der Waals surface area (Å²) in [5.74, 6) is -0.829. The van der Waals surface area contributed by atoms with Crippen LogP contribution in [0.2, 0.25) is 0 Å². The lowest BCUT2D eigenvalue weighted by atomic mass is 10.2. The van der Waals surface area contributed by atoms with Crippen molar-refractivity contribution >= 4 is 23.8 Å². The van der Waals surface area contributed by atoms with Crippen LogP contribution >= 0.6 is 0 Å². The van der Waals surface area contributed by atoms with Crippen LogP contribution in [0.3, 0.4) is 0 Å². The van der Waals surface area contributed by atoms with Gasteiger partial charge in [-0.2, -0.15) is 9.78 Å². The number of hydrogen-bond acceptors (Lipinski definition) is 11. The first-order chi connectivity index (χ1) is 15.4. The van der Waals surface area contributed by atoms with E-state index in [0.717, 1.165) is 32.1 Å². The van der Waals surface area contributed by atoms with Gasteiger partial charge in [-0.1, -0.05) is 19.1 Å². The minimum atomic E-state index is -0.675. The van der Waals surface area contributed by atoms with E-state index in [4.69, 9.17) is 10.2 Å². The number of carbonyl (C=O) groups excluding carboxylic acids is 1. The van der Waals surface area contributed by atoms with E-state index in [1.54, 1.807) is 0 Å². The molecule has 0 aliphatic heterocycles. The van der Waals surface area contributed by atoms with E-state index in [2.05, 4.69) is 49.6 Å². The second-order valence-electron chi connectivity index (χ2n) is 6.83. The predicted molar refractivity (Wildman–Crippen MR) is 109 cm³/mol. The molecule has 4 N–H and O–H groups in total. The molecule has 0 aliphatic carbocycles. The van der Waals surface area contributed by atoms with Gasteiger partial charge in [-0.05, 0) is 29.2 Å². The summed E-state index contributed by atoms with van der Waals surface area (Å²) in [5, 5.41) is 29.7. The smallest absolute Gasteiger partial charge is 0.400 e. The molecular formula is C17H23N10O5+. The van der Waals surface area contributed by atoms with Crippen LogP contribution in [0, 0.1) is 10.1 Å². The highest BCUT2D eigenvalue weighted by molar-refractivity contribution is 5.94. The molecule has 3 aromatic rings. The Morgan fingerprint density at radius 2 is 2.09 bits per heavy atom. The maximum atomic E-state index is 12.8. The molecule has 0 bridgehead atoms. The number of quaternary nitrogens is 1. The van der Waals surface area contributed by atoms with Gasteiger partial charge in [0.05, 0.1) is 25.4 Å². The number of nitrogens with one attached hydrogen (secondary N) is 2. The highest BCUT2D eigenvalue weighted by atomic mass is 16.6. The molecule has 0 radical (unpaired) electrons. The molecule has 0 unspecified atom stereocenters. The van der Waals surface area contributed by atoms with Crippen molar-refractivity contribution in [3.63, 3.8) is 0 Å². The van der Waals surface area contributed by atoms with Crippen LogP contribution in [0.5, 0.6) is 0 Å². The van der Waals surface area contributed by atoms with Crippen molar-refractivity contribution in [1.82, 2.24) is 30.7 Å². The zero-order valence-electron chi connectivity index (χ0n) is 17.5. The third kappa shape index (κ3) is 5.12. The number of furan rings is 1. The summed E-state index contributed by atoms with van der Waals surface area (Å²) < 4.78 is 10.9. The lowest BCUT2D eigenvalue weighted by Crippen LogP contribution is -3.10. The van der Waals surface area contributed by atoms with Gasteiger partial charge >= 0.3 is 5.88 Å². The standard InChI is InChI=1S/C17H22N10O5/c1-3-7-25(8-4-2)10-12-14(20-24-26(12)16-15(18)22-32-23-16)17(28)21-19-9-11-5-6-13(31-11)27(29)30/h5-6,9H,3-4,7-8,10H2,1-2H3,(H2,18,22)(H,21,28)/p+1. The Hall–Kier alpha value is -4.14. The summed E-state index contributed by atoms with van der Waals surface area (Å²) in [6.45, 7) is 6.33. The largest absolute Gasteiger partial charge is 0.433 e. The van der Waals surface area contributed by atoms with Gasteiger partial charge in [-0.25, -0.2) is 10.1 Å². The van der Waals surface area contributed by atoms with Crippen molar-refractivity contribution in [2.24, 2.45) is 5.10 Å². The topological polar surface area (TPSA) is 198 Å². The number of nitro groups is 1. The SMILES string of the molecule is CCC[NH+](CCC)Cc1c(C(=O)NN=Cc2ccc([N+](=O)[O-])o2)nnn1-c1nonc1N. The number of hydrazone groups is 1. The zero-order chi connectivity index (χ0) is 23.1. The molecule has 1 amide bonds. The van der Waals surface area contributed by atoms with Crippen LogP contribution in [0.4, 0.5) is 11.7 Å². The Labute approximate surface area is 181 Å². The molecule has 0 saturated carbocycles. The molecule has 15 heteroatoms. The van der Waals surface area contributed by atoms with Crippen molar-refractivity contribution in [3.8, 4) is 5.82 Å². The van der Waals surface area contributed by atoms with Crippen LogP contribution in [0.1, 0.15) is 48.6 Å². The van der Waals surface area contributed by atoms with Crippen molar-refractivity contribution in [3.05, 3.63) is 39.4 Å². The summed E-state index contributed by atoms with van der Waals surface area (Å²) in [4.78, 5) is 24.0. The van der Waals surface area contributed by atoms with Crippen molar-refractivity contribution in [2.45, 2.75) is 33.2 Å². The number of hydrogen-bond donors (Lipinski definition) is 3. The van der Waals surface area contributed by atoms with Gasteiger partial charge in [0, 0.05) is 0 Å². The van der Waals surface area contributed by atoms with E-state index in [9.17, 15) is 14.9 Å². The number of anilines is 1. The van der Waals surface area contributed by atoms with Gasteiger partial charge in [0.1, 0.15) is 17.2 Å². The van der Waals surface area contributed by atoms with Crippen molar-refractivity contribution < 1.29 is 23.7 Å². The molecule has 0 saturated heterocycles. The van der Waals surface area contributed by atoms with E-state index in [1.807, 2.05) is 0 Å². The fraction of sp³-hybridized carbons (Fsp3) is 0.412. The second kappa shape index (κ2) is 10.3. The Morgan fingerprint density at radius 1 is 1.34 bits per heavy atom. The van der Waals surface area contributed by atoms with Gasteiger partial charge in [-0.3, -0.25) is 14.9 Å². The van der Waals surface area contributed by atoms with Gasteiger partial charge in [0.25, 0.3) is 5.91 Å². The number of aromatic nitrogens is 5. The molecule has 15 nitrogen and oxygen atoms in total. The molecule has 0 atom stereocenters. The number of rotatable bonds is 11. The fourth-order valence-corrected chi connectivity index (χ4v) is 3.11. The quantitative estimate of drug-likeness (QED) is 0.199. The lowest BCUT2D eigenvalue weighted by Gasteiger charge is -2.18. The molecule has 0 aromatic carbocycles. The molecule has 3 rings (SSSR count). The lowest BCUT2D eigenvalue weighted by molar-refractivity contribution is -0.914. The minimum absolute atomic E-state index is 0.00748. The van der Waals surface area contributed by atoms with Gasteiger partial charge < -0.3 is 15.1 Å².